The molecule has 0 saturated carbocycles. The quantitative estimate of drug-likeness (QED) is 0.579. The van der Waals surface area contributed by atoms with E-state index in [9.17, 15) is 4.79 Å². The van der Waals surface area contributed by atoms with E-state index in [1.165, 1.54) is 18.9 Å². The summed E-state index contributed by atoms with van der Waals surface area (Å²) in [4.78, 5) is 22.1. The van der Waals surface area contributed by atoms with Crippen LogP contribution in [0.4, 0.5) is 0 Å². The van der Waals surface area contributed by atoms with Gasteiger partial charge in [0, 0.05) is 31.7 Å². The molecule has 1 fully saturated rings. The number of piperazine rings is 1. The first-order chi connectivity index (χ1) is 14.5. The predicted octanol–water partition coefficient (Wildman–Crippen LogP) is 4.49. The maximum atomic E-state index is 13.0. The van der Waals surface area contributed by atoms with Crippen molar-refractivity contribution in [1.29, 1.82) is 0 Å². The van der Waals surface area contributed by atoms with Gasteiger partial charge in [0.25, 0.3) is 5.91 Å². The van der Waals surface area contributed by atoms with Gasteiger partial charge in [-0.25, -0.2) is 4.98 Å². The SMILES string of the molecule is COc1cc(C(=O)N2CCN(C(C)c3nc4ccccc4s3)CC2)cc(Cl)c1OC. The van der Waals surface area contributed by atoms with Crippen LogP contribution in [-0.4, -0.2) is 61.1 Å². The second kappa shape index (κ2) is 8.79. The van der Waals surface area contributed by atoms with Crippen LogP contribution in [0.3, 0.4) is 0 Å². The second-order valence-electron chi connectivity index (χ2n) is 7.22. The maximum absolute atomic E-state index is 13.0. The molecule has 1 aliphatic heterocycles. The Kier molecular flexibility index (Phi) is 6.13. The van der Waals surface area contributed by atoms with Gasteiger partial charge in [0.1, 0.15) is 5.01 Å². The molecule has 8 heteroatoms. The zero-order valence-corrected chi connectivity index (χ0v) is 18.8. The average molecular weight is 446 g/mol. The molecule has 1 amide bonds. The molecule has 2 aromatic carbocycles. The summed E-state index contributed by atoms with van der Waals surface area (Å²) in [5.74, 6) is 0.840. The number of ether oxygens (including phenoxy) is 2. The fourth-order valence-electron chi connectivity index (χ4n) is 3.76. The lowest BCUT2D eigenvalue weighted by Gasteiger charge is -2.37. The minimum absolute atomic E-state index is 0.0508. The second-order valence-corrected chi connectivity index (χ2v) is 8.69. The van der Waals surface area contributed by atoms with E-state index in [4.69, 9.17) is 26.1 Å². The number of para-hydroxylation sites is 1. The molecular formula is C22H24ClN3O3S. The lowest BCUT2D eigenvalue weighted by Crippen LogP contribution is -2.49. The molecule has 6 nitrogen and oxygen atoms in total. The third kappa shape index (κ3) is 3.97. The van der Waals surface area contributed by atoms with E-state index in [0.29, 0.717) is 35.2 Å². The molecule has 1 aliphatic rings. The number of thiazole rings is 1. The van der Waals surface area contributed by atoms with Gasteiger partial charge in [0.15, 0.2) is 11.5 Å². The van der Waals surface area contributed by atoms with E-state index >= 15 is 0 Å². The largest absolute Gasteiger partial charge is 0.493 e. The molecule has 0 N–H and O–H groups in total. The van der Waals surface area contributed by atoms with Crippen molar-refractivity contribution in [2.75, 3.05) is 40.4 Å². The molecule has 158 valence electrons. The number of carbonyl (C=O) groups excluding carboxylic acids is 1. The Morgan fingerprint density at radius 2 is 1.87 bits per heavy atom. The minimum Gasteiger partial charge on any atom is -0.493 e. The third-order valence-corrected chi connectivity index (χ3v) is 6.98. The molecule has 1 unspecified atom stereocenters. The average Bonchev–Trinajstić information content (AvgIpc) is 3.22. The van der Waals surface area contributed by atoms with Gasteiger partial charge in [-0.05, 0) is 31.2 Å². The van der Waals surface area contributed by atoms with Crippen LogP contribution in [0.1, 0.15) is 28.3 Å². The Morgan fingerprint density at radius 3 is 2.53 bits per heavy atom. The predicted molar refractivity (Wildman–Crippen MR) is 120 cm³/mol. The highest BCUT2D eigenvalue weighted by Gasteiger charge is 2.27. The number of carbonyl (C=O) groups is 1. The van der Waals surface area contributed by atoms with Crippen molar-refractivity contribution in [2.45, 2.75) is 13.0 Å². The zero-order valence-electron chi connectivity index (χ0n) is 17.2. The van der Waals surface area contributed by atoms with E-state index in [2.05, 4.69) is 17.9 Å². The fourth-order valence-corrected chi connectivity index (χ4v) is 5.10. The first-order valence-electron chi connectivity index (χ1n) is 9.82. The first kappa shape index (κ1) is 20.9. The monoisotopic (exact) mass is 445 g/mol. The lowest BCUT2D eigenvalue weighted by molar-refractivity contribution is 0.0581. The molecule has 0 spiro atoms. The summed E-state index contributed by atoms with van der Waals surface area (Å²) in [5, 5.41) is 1.48. The molecule has 3 aromatic rings. The van der Waals surface area contributed by atoms with Gasteiger partial charge < -0.3 is 14.4 Å². The Morgan fingerprint density at radius 1 is 1.13 bits per heavy atom. The molecule has 4 rings (SSSR count). The maximum Gasteiger partial charge on any atom is 0.254 e. The van der Waals surface area contributed by atoms with Gasteiger partial charge in [-0.15, -0.1) is 11.3 Å². The number of aromatic nitrogens is 1. The number of benzene rings is 2. The van der Waals surface area contributed by atoms with Crippen LogP contribution >= 0.6 is 22.9 Å². The summed E-state index contributed by atoms with van der Waals surface area (Å²) >= 11 is 8.01. The number of methoxy groups -OCH3 is 2. The Labute approximate surface area is 185 Å². The van der Waals surface area contributed by atoms with Crippen molar-refractivity contribution in [3.8, 4) is 11.5 Å². The smallest absolute Gasteiger partial charge is 0.254 e. The van der Waals surface area contributed by atoms with Gasteiger partial charge in [0.05, 0.1) is 35.5 Å². The standard InChI is InChI=1S/C22H24ClN3O3S/c1-14(21-24-17-6-4-5-7-19(17)30-21)25-8-10-26(11-9-25)22(27)15-12-16(23)20(29-3)18(13-15)28-2/h4-7,12-14H,8-11H2,1-3H3. The Bertz CT molecular complexity index is 1030. The van der Waals surface area contributed by atoms with Crippen molar-refractivity contribution >= 4 is 39.1 Å². The van der Waals surface area contributed by atoms with Crippen LogP contribution in [0.5, 0.6) is 11.5 Å². The number of hydrogen-bond acceptors (Lipinski definition) is 6. The number of hydrogen-bond donors (Lipinski definition) is 0. The van der Waals surface area contributed by atoms with Crippen molar-refractivity contribution in [3.63, 3.8) is 0 Å². The fraction of sp³-hybridized carbons (Fsp3) is 0.364. The number of halogens is 1. The summed E-state index contributed by atoms with van der Waals surface area (Å²) in [6.07, 6.45) is 0. The van der Waals surface area contributed by atoms with E-state index in [0.717, 1.165) is 23.6 Å². The number of amides is 1. The van der Waals surface area contributed by atoms with Gasteiger partial charge in [-0.3, -0.25) is 9.69 Å². The highest BCUT2D eigenvalue weighted by molar-refractivity contribution is 7.18. The van der Waals surface area contributed by atoms with Crippen molar-refractivity contribution in [1.82, 2.24) is 14.8 Å². The summed E-state index contributed by atoms with van der Waals surface area (Å²) < 4.78 is 11.8. The molecule has 1 saturated heterocycles. The van der Waals surface area contributed by atoms with E-state index < -0.39 is 0 Å². The lowest BCUT2D eigenvalue weighted by atomic mass is 10.1. The number of rotatable bonds is 5. The van der Waals surface area contributed by atoms with Crippen LogP contribution in [0, 0.1) is 0 Å². The summed E-state index contributed by atoms with van der Waals surface area (Å²) in [6, 6.07) is 11.8. The molecule has 2 heterocycles. The Balaban J connectivity index is 1.44. The first-order valence-corrected chi connectivity index (χ1v) is 11.0. The van der Waals surface area contributed by atoms with Crippen LogP contribution in [-0.2, 0) is 0 Å². The van der Waals surface area contributed by atoms with Crippen molar-refractivity contribution < 1.29 is 14.3 Å². The molecule has 0 bridgehead atoms. The van der Waals surface area contributed by atoms with Gasteiger partial charge in [-0.1, -0.05) is 23.7 Å². The van der Waals surface area contributed by atoms with E-state index in [1.807, 2.05) is 23.1 Å². The molecule has 1 atom stereocenters. The van der Waals surface area contributed by atoms with Crippen LogP contribution in [0.15, 0.2) is 36.4 Å². The molecule has 30 heavy (non-hydrogen) atoms. The minimum atomic E-state index is -0.0508. The highest BCUT2D eigenvalue weighted by atomic mass is 35.5. The van der Waals surface area contributed by atoms with E-state index in [-0.39, 0.29) is 11.9 Å². The summed E-state index contributed by atoms with van der Waals surface area (Å²) in [5.41, 5.74) is 1.55. The topological polar surface area (TPSA) is 54.9 Å². The van der Waals surface area contributed by atoms with Gasteiger partial charge in [-0.2, -0.15) is 0 Å². The van der Waals surface area contributed by atoms with Crippen molar-refractivity contribution in [2.24, 2.45) is 0 Å². The summed E-state index contributed by atoms with van der Waals surface area (Å²) in [6.45, 7) is 5.08. The van der Waals surface area contributed by atoms with Gasteiger partial charge in [0.2, 0.25) is 0 Å². The number of fused-ring (bicyclic) bond motifs is 1. The van der Waals surface area contributed by atoms with Crippen LogP contribution < -0.4 is 9.47 Å². The Hall–Kier alpha value is -2.35. The molecule has 0 radical (unpaired) electrons. The van der Waals surface area contributed by atoms with Crippen LogP contribution in [0.25, 0.3) is 10.2 Å². The van der Waals surface area contributed by atoms with Crippen LogP contribution in [0.2, 0.25) is 5.02 Å². The third-order valence-electron chi connectivity index (χ3n) is 5.50. The molecular weight excluding hydrogens is 422 g/mol. The zero-order chi connectivity index (χ0) is 21.3. The highest BCUT2D eigenvalue weighted by Crippen LogP contribution is 2.36. The molecule has 0 aliphatic carbocycles. The van der Waals surface area contributed by atoms with Gasteiger partial charge >= 0.3 is 0 Å². The van der Waals surface area contributed by atoms with E-state index in [1.54, 1.807) is 23.5 Å². The normalized spacial score (nSPS) is 15.9. The summed E-state index contributed by atoms with van der Waals surface area (Å²) in [7, 11) is 3.06. The van der Waals surface area contributed by atoms with Crippen molar-refractivity contribution in [3.05, 3.63) is 52.0 Å². The number of nitrogens with zero attached hydrogens (tertiary/aromatic N) is 3. The molecule has 1 aromatic heterocycles.